The first-order valence-electron chi connectivity index (χ1n) is 12.6. The number of aliphatic carboxylic acids is 1. The lowest BCUT2D eigenvalue weighted by Gasteiger charge is -2.25. The Morgan fingerprint density at radius 3 is 2.41 bits per heavy atom. The molecule has 37 heavy (non-hydrogen) atoms. The molecule has 6 heteroatoms. The van der Waals surface area contributed by atoms with Crippen LogP contribution in [-0.4, -0.2) is 34.0 Å². The zero-order valence-corrected chi connectivity index (χ0v) is 23.5. The van der Waals surface area contributed by atoms with E-state index in [0.29, 0.717) is 18.5 Å². The van der Waals surface area contributed by atoms with Crippen LogP contribution in [0.25, 0.3) is 0 Å². The smallest absolute Gasteiger partial charge is 0.305 e. The van der Waals surface area contributed by atoms with Gasteiger partial charge in [-0.3, -0.25) is 9.59 Å². The van der Waals surface area contributed by atoms with Crippen LogP contribution in [-0.2, 0) is 29.6 Å². The Hall–Kier alpha value is -3.12. The standard InChI is InChI=1S/C31H34BrNO4/c1-30(2,3)25-11-8-21(9-12-25)18-31(4)19-24-17-23(10-13-27(24)37-31)29(36)33(15-14-28(34)35)20-22-6-5-7-26(32)16-22/h5-13,16-17H,14-15,18-20H2,1-4H3,(H,34,35). The molecule has 1 aliphatic rings. The average Bonchev–Trinajstić information content (AvgIpc) is 3.15. The van der Waals surface area contributed by atoms with Gasteiger partial charge in [0.05, 0.1) is 6.42 Å². The third kappa shape index (κ3) is 6.80. The summed E-state index contributed by atoms with van der Waals surface area (Å²) < 4.78 is 7.29. The summed E-state index contributed by atoms with van der Waals surface area (Å²) in [5, 5.41) is 9.22. The largest absolute Gasteiger partial charge is 0.487 e. The molecule has 0 spiro atoms. The van der Waals surface area contributed by atoms with E-state index in [0.717, 1.165) is 27.8 Å². The lowest BCUT2D eigenvalue weighted by atomic mass is 9.85. The van der Waals surface area contributed by atoms with E-state index in [2.05, 4.69) is 67.9 Å². The van der Waals surface area contributed by atoms with Crippen molar-refractivity contribution in [2.24, 2.45) is 0 Å². The number of fused-ring (bicyclic) bond motifs is 1. The number of hydrogen-bond donors (Lipinski definition) is 1. The van der Waals surface area contributed by atoms with Gasteiger partial charge in [0, 0.05) is 36.0 Å². The molecule has 1 atom stereocenters. The van der Waals surface area contributed by atoms with Gasteiger partial charge in [-0.25, -0.2) is 0 Å². The van der Waals surface area contributed by atoms with E-state index in [1.54, 1.807) is 11.0 Å². The van der Waals surface area contributed by atoms with E-state index in [1.165, 1.54) is 11.1 Å². The fraction of sp³-hybridized carbons (Fsp3) is 0.355. The Labute approximate surface area is 227 Å². The highest BCUT2D eigenvalue weighted by molar-refractivity contribution is 9.10. The van der Waals surface area contributed by atoms with Crippen molar-refractivity contribution in [2.45, 2.75) is 64.5 Å². The molecule has 1 aliphatic heterocycles. The van der Waals surface area contributed by atoms with Gasteiger partial charge in [-0.1, -0.05) is 73.1 Å². The van der Waals surface area contributed by atoms with Crippen molar-refractivity contribution in [3.05, 3.63) is 99.0 Å². The first kappa shape index (κ1) is 26.9. The van der Waals surface area contributed by atoms with Gasteiger partial charge < -0.3 is 14.7 Å². The van der Waals surface area contributed by atoms with E-state index in [-0.39, 0.29) is 24.3 Å². The molecule has 0 aromatic heterocycles. The second kappa shape index (κ2) is 10.7. The van der Waals surface area contributed by atoms with E-state index < -0.39 is 11.6 Å². The Morgan fingerprint density at radius 2 is 1.76 bits per heavy atom. The topological polar surface area (TPSA) is 66.8 Å². The van der Waals surface area contributed by atoms with Crippen molar-refractivity contribution in [3.63, 3.8) is 0 Å². The van der Waals surface area contributed by atoms with E-state index >= 15 is 0 Å². The Morgan fingerprint density at radius 1 is 1.03 bits per heavy atom. The predicted molar refractivity (Wildman–Crippen MR) is 149 cm³/mol. The molecule has 5 nitrogen and oxygen atoms in total. The third-order valence-corrected chi connectivity index (χ3v) is 7.26. The highest BCUT2D eigenvalue weighted by Crippen LogP contribution is 2.38. The number of ether oxygens (including phenoxy) is 1. The summed E-state index contributed by atoms with van der Waals surface area (Å²) >= 11 is 3.46. The van der Waals surface area contributed by atoms with Crippen LogP contribution in [0.4, 0.5) is 0 Å². The number of benzene rings is 3. The maximum Gasteiger partial charge on any atom is 0.305 e. The van der Waals surface area contributed by atoms with Gasteiger partial charge in [0.25, 0.3) is 5.91 Å². The number of nitrogens with zero attached hydrogens (tertiary/aromatic N) is 1. The van der Waals surface area contributed by atoms with E-state index in [1.807, 2.05) is 36.4 Å². The van der Waals surface area contributed by atoms with Crippen molar-refractivity contribution >= 4 is 27.8 Å². The summed E-state index contributed by atoms with van der Waals surface area (Å²) in [5.74, 6) is -0.314. The Balaban J connectivity index is 1.50. The van der Waals surface area contributed by atoms with Gasteiger partial charge >= 0.3 is 5.97 Å². The van der Waals surface area contributed by atoms with Crippen molar-refractivity contribution in [1.82, 2.24) is 4.90 Å². The zero-order chi connectivity index (χ0) is 26.8. The number of carboxylic acids is 1. The molecule has 0 bridgehead atoms. The molecular formula is C31H34BrNO4. The molecule has 1 heterocycles. The molecule has 194 valence electrons. The molecule has 3 aromatic carbocycles. The molecule has 3 aromatic rings. The summed E-state index contributed by atoms with van der Waals surface area (Å²) in [4.78, 5) is 26.3. The van der Waals surface area contributed by atoms with Crippen molar-refractivity contribution in [2.75, 3.05) is 6.54 Å². The number of rotatable bonds is 8. The lowest BCUT2D eigenvalue weighted by Crippen LogP contribution is -2.33. The SMILES string of the molecule is CC1(Cc2ccc(C(C)(C)C)cc2)Cc2cc(C(=O)N(CCC(=O)O)Cc3cccc(Br)c3)ccc2O1. The fourth-order valence-electron chi connectivity index (χ4n) is 4.83. The molecular weight excluding hydrogens is 530 g/mol. The number of carbonyl (C=O) groups excluding carboxylic acids is 1. The van der Waals surface area contributed by atoms with Gasteiger partial charge in [-0.05, 0) is 64.9 Å². The molecule has 0 saturated heterocycles. The van der Waals surface area contributed by atoms with E-state index in [9.17, 15) is 14.7 Å². The van der Waals surface area contributed by atoms with Crippen LogP contribution >= 0.6 is 15.9 Å². The van der Waals surface area contributed by atoms with Crippen LogP contribution in [0.15, 0.2) is 71.2 Å². The van der Waals surface area contributed by atoms with Gasteiger partial charge in [0.15, 0.2) is 0 Å². The number of hydrogen-bond acceptors (Lipinski definition) is 3. The number of carboxylic acid groups (broad SMARTS) is 1. The molecule has 0 aliphatic carbocycles. The van der Waals surface area contributed by atoms with Crippen LogP contribution in [0, 0.1) is 0 Å². The van der Waals surface area contributed by atoms with Crippen LogP contribution in [0.1, 0.15) is 66.7 Å². The predicted octanol–water partition coefficient (Wildman–Crippen LogP) is 6.80. The minimum atomic E-state index is -0.930. The molecule has 0 radical (unpaired) electrons. The van der Waals surface area contributed by atoms with Crippen LogP contribution in [0.3, 0.4) is 0 Å². The first-order valence-corrected chi connectivity index (χ1v) is 13.4. The molecule has 1 amide bonds. The van der Waals surface area contributed by atoms with Gasteiger partial charge in [0.2, 0.25) is 0 Å². The summed E-state index contributed by atoms with van der Waals surface area (Å²) in [5.41, 5.74) is 4.71. The Kier molecular flexibility index (Phi) is 7.79. The second-order valence-corrected chi connectivity index (χ2v) is 12.1. The lowest BCUT2D eigenvalue weighted by molar-refractivity contribution is -0.137. The monoisotopic (exact) mass is 563 g/mol. The maximum atomic E-state index is 13.5. The first-order chi connectivity index (χ1) is 17.4. The fourth-order valence-corrected chi connectivity index (χ4v) is 5.28. The van der Waals surface area contributed by atoms with E-state index in [4.69, 9.17) is 4.74 Å². The normalized spacial score (nSPS) is 16.7. The number of halogens is 1. The molecule has 0 saturated carbocycles. The number of amides is 1. The summed E-state index contributed by atoms with van der Waals surface area (Å²) in [6.07, 6.45) is 1.36. The second-order valence-electron chi connectivity index (χ2n) is 11.2. The molecule has 1 unspecified atom stereocenters. The molecule has 1 N–H and O–H groups in total. The van der Waals surface area contributed by atoms with Gasteiger partial charge in [-0.15, -0.1) is 0 Å². The quantitative estimate of drug-likeness (QED) is 0.327. The summed E-state index contributed by atoms with van der Waals surface area (Å²) in [6.45, 7) is 9.21. The highest BCUT2D eigenvalue weighted by atomic mass is 79.9. The number of carbonyl (C=O) groups is 2. The van der Waals surface area contributed by atoms with Gasteiger partial charge in [-0.2, -0.15) is 0 Å². The maximum absolute atomic E-state index is 13.5. The van der Waals surface area contributed by atoms with Crippen molar-refractivity contribution < 1.29 is 19.4 Å². The Bertz CT molecular complexity index is 1300. The summed E-state index contributed by atoms with van der Waals surface area (Å²) in [7, 11) is 0. The van der Waals surface area contributed by atoms with Crippen LogP contribution < -0.4 is 4.74 Å². The van der Waals surface area contributed by atoms with Gasteiger partial charge in [0.1, 0.15) is 11.4 Å². The molecule has 4 rings (SSSR count). The van der Waals surface area contributed by atoms with Crippen LogP contribution in [0.2, 0.25) is 0 Å². The molecule has 0 fully saturated rings. The van der Waals surface area contributed by atoms with Crippen molar-refractivity contribution in [1.29, 1.82) is 0 Å². The minimum absolute atomic E-state index is 0.111. The highest BCUT2D eigenvalue weighted by Gasteiger charge is 2.35. The average molecular weight is 565 g/mol. The third-order valence-electron chi connectivity index (χ3n) is 6.77. The zero-order valence-electron chi connectivity index (χ0n) is 21.9. The minimum Gasteiger partial charge on any atom is -0.487 e. The van der Waals surface area contributed by atoms with Crippen LogP contribution in [0.5, 0.6) is 5.75 Å². The van der Waals surface area contributed by atoms with Crippen molar-refractivity contribution in [3.8, 4) is 5.75 Å². The summed E-state index contributed by atoms with van der Waals surface area (Å²) in [6, 6.07) is 22.0.